The molecule has 2 aromatic rings. The number of thiophene rings is 1. The van der Waals surface area contributed by atoms with Crippen molar-refractivity contribution in [1.82, 2.24) is 10.6 Å². The van der Waals surface area contributed by atoms with Crippen molar-refractivity contribution in [3.05, 3.63) is 52.0 Å². The van der Waals surface area contributed by atoms with Gasteiger partial charge in [-0.15, -0.1) is 11.3 Å². The van der Waals surface area contributed by atoms with E-state index in [2.05, 4.69) is 10.6 Å². The Morgan fingerprint density at radius 3 is 2.91 bits per heavy atom. The second-order valence-corrected chi connectivity index (χ2v) is 6.01. The molecule has 0 aliphatic heterocycles. The lowest BCUT2D eigenvalue weighted by Crippen LogP contribution is -2.41. The van der Waals surface area contributed by atoms with Crippen LogP contribution in [0.1, 0.15) is 10.4 Å². The van der Waals surface area contributed by atoms with Crippen LogP contribution in [0.4, 0.5) is 9.18 Å². The summed E-state index contributed by atoms with van der Waals surface area (Å²) in [5.41, 5.74) is 1.14. The van der Waals surface area contributed by atoms with Crippen molar-refractivity contribution >= 4 is 17.4 Å². The van der Waals surface area contributed by atoms with Crippen molar-refractivity contribution in [2.75, 3.05) is 13.2 Å². The third-order valence-electron chi connectivity index (χ3n) is 3.11. The third-order valence-corrected chi connectivity index (χ3v) is 4.14. The molecule has 1 aromatic carbocycles. The zero-order valence-electron chi connectivity index (χ0n) is 12.7. The van der Waals surface area contributed by atoms with E-state index in [9.17, 15) is 14.3 Å². The first-order valence-corrected chi connectivity index (χ1v) is 8.03. The molecule has 7 heteroatoms. The van der Waals surface area contributed by atoms with Gasteiger partial charge in [0.15, 0.2) is 0 Å². The zero-order valence-corrected chi connectivity index (χ0v) is 13.5. The molecule has 0 aliphatic carbocycles. The third kappa shape index (κ3) is 5.88. The van der Waals surface area contributed by atoms with E-state index < -0.39 is 11.9 Å². The number of aryl methyl sites for hydroxylation is 1. The van der Waals surface area contributed by atoms with Gasteiger partial charge in [0.05, 0.1) is 6.54 Å². The Labute approximate surface area is 138 Å². The first-order valence-electron chi connectivity index (χ1n) is 7.15. The van der Waals surface area contributed by atoms with Gasteiger partial charge in [-0.2, -0.15) is 0 Å². The first-order chi connectivity index (χ1) is 11.0. The van der Waals surface area contributed by atoms with Gasteiger partial charge >= 0.3 is 6.03 Å². The minimum Gasteiger partial charge on any atom is -0.491 e. The van der Waals surface area contributed by atoms with Gasteiger partial charge in [-0.25, -0.2) is 9.18 Å². The highest BCUT2D eigenvalue weighted by Gasteiger charge is 2.09. The summed E-state index contributed by atoms with van der Waals surface area (Å²) in [6.45, 7) is 2.45. The van der Waals surface area contributed by atoms with Gasteiger partial charge in [-0.1, -0.05) is 6.07 Å². The van der Waals surface area contributed by atoms with Gasteiger partial charge in [0.2, 0.25) is 0 Å². The molecule has 0 fully saturated rings. The van der Waals surface area contributed by atoms with Gasteiger partial charge in [-0.3, -0.25) is 0 Å². The number of nitrogens with one attached hydrogen (secondary N) is 2. The van der Waals surface area contributed by atoms with E-state index in [-0.39, 0.29) is 19.2 Å². The lowest BCUT2D eigenvalue weighted by Gasteiger charge is -2.13. The summed E-state index contributed by atoms with van der Waals surface area (Å²) in [6.07, 6.45) is -0.882. The Morgan fingerprint density at radius 1 is 1.39 bits per heavy atom. The van der Waals surface area contributed by atoms with Crippen LogP contribution in [0.15, 0.2) is 35.7 Å². The molecule has 1 heterocycles. The highest BCUT2D eigenvalue weighted by atomic mass is 32.1. The molecule has 0 unspecified atom stereocenters. The number of carbonyl (C=O) groups is 1. The maximum atomic E-state index is 13.0. The Morgan fingerprint density at radius 2 is 2.22 bits per heavy atom. The van der Waals surface area contributed by atoms with Gasteiger partial charge in [-0.05, 0) is 36.1 Å². The fraction of sp³-hybridized carbons (Fsp3) is 0.312. The predicted molar refractivity (Wildman–Crippen MR) is 87.2 cm³/mol. The fourth-order valence-electron chi connectivity index (χ4n) is 1.83. The molecule has 0 saturated carbocycles. The maximum absolute atomic E-state index is 13.0. The van der Waals surface area contributed by atoms with Crippen LogP contribution in [0.5, 0.6) is 5.75 Å². The molecule has 124 valence electrons. The van der Waals surface area contributed by atoms with Crippen LogP contribution in [0, 0.1) is 12.7 Å². The second-order valence-electron chi connectivity index (χ2n) is 5.01. The van der Waals surface area contributed by atoms with E-state index in [1.807, 2.05) is 18.4 Å². The average molecular weight is 338 g/mol. The number of rotatable bonds is 7. The number of benzene rings is 1. The predicted octanol–water partition coefficient (Wildman–Crippen LogP) is 2.43. The van der Waals surface area contributed by atoms with Crippen molar-refractivity contribution in [1.29, 1.82) is 0 Å². The number of aliphatic hydroxyl groups is 1. The number of urea groups is 1. The summed E-state index contributed by atoms with van der Waals surface area (Å²) in [5.74, 6) is -0.0694. The quantitative estimate of drug-likeness (QED) is 0.726. The molecule has 1 atom stereocenters. The summed E-state index contributed by atoms with van der Waals surface area (Å²) in [4.78, 5) is 12.7. The number of amides is 2. The van der Waals surface area contributed by atoms with Crippen molar-refractivity contribution in [3.8, 4) is 5.75 Å². The lowest BCUT2D eigenvalue weighted by atomic mass is 10.3. The van der Waals surface area contributed by atoms with Crippen molar-refractivity contribution in [3.63, 3.8) is 0 Å². The normalized spacial score (nSPS) is 11.8. The molecule has 1 aromatic heterocycles. The molecule has 0 bridgehead atoms. The Kier molecular flexibility index (Phi) is 6.37. The Balaban J connectivity index is 1.64. The largest absolute Gasteiger partial charge is 0.491 e. The van der Waals surface area contributed by atoms with Crippen LogP contribution < -0.4 is 15.4 Å². The topological polar surface area (TPSA) is 70.6 Å². The van der Waals surface area contributed by atoms with E-state index in [1.165, 1.54) is 18.2 Å². The highest BCUT2D eigenvalue weighted by molar-refractivity contribution is 7.10. The molecule has 23 heavy (non-hydrogen) atoms. The highest BCUT2D eigenvalue weighted by Crippen LogP contribution is 2.14. The van der Waals surface area contributed by atoms with Crippen molar-refractivity contribution in [2.24, 2.45) is 0 Å². The van der Waals surface area contributed by atoms with Crippen molar-refractivity contribution in [2.45, 2.75) is 19.6 Å². The van der Waals surface area contributed by atoms with Gasteiger partial charge < -0.3 is 20.5 Å². The number of halogens is 1. The van der Waals surface area contributed by atoms with E-state index in [4.69, 9.17) is 4.74 Å². The maximum Gasteiger partial charge on any atom is 0.315 e. The minimum atomic E-state index is -0.882. The van der Waals surface area contributed by atoms with Gasteiger partial charge in [0, 0.05) is 17.5 Å². The summed E-state index contributed by atoms with van der Waals surface area (Å²) in [7, 11) is 0. The van der Waals surface area contributed by atoms with Crippen LogP contribution >= 0.6 is 11.3 Å². The molecular formula is C16H19FN2O3S. The molecule has 5 nitrogen and oxygen atoms in total. The SMILES string of the molecule is Cc1ccsc1CNC(=O)NC[C@H](O)COc1cccc(F)c1. The smallest absolute Gasteiger partial charge is 0.315 e. The number of hydrogen-bond acceptors (Lipinski definition) is 4. The van der Waals surface area contributed by atoms with Crippen LogP contribution in [0.2, 0.25) is 0 Å². The van der Waals surface area contributed by atoms with E-state index in [0.29, 0.717) is 12.3 Å². The average Bonchev–Trinajstić information content (AvgIpc) is 2.94. The van der Waals surface area contributed by atoms with E-state index >= 15 is 0 Å². The molecule has 2 amide bonds. The molecule has 2 rings (SSSR count). The summed E-state index contributed by atoms with van der Waals surface area (Å²) < 4.78 is 18.2. The zero-order chi connectivity index (χ0) is 16.7. The lowest BCUT2D eigenvalue weighted by molar-refractivity contribution is 0.107. The molecule has 0 aliphatic rings. The number of hydrogen-bond donors (Lipinski definition) is 3. The summed E-state index contributed by atoms with van der Waals surface area (Å²) in [6, 6.07) is 7.30. The number of aliphatic hydroxyl groups excluding tert-OH is 1. The summed E-state index contributed by atoms with van der Waals surface area (Å²) >= 11 is 1.58. The molecule has 0 saturated heterocycles. The monoisotopic (exact) mass is 338 g/mol. The van der Waals surface area contributed by atoms with E-state index in [0.717, 1.165) is 10.4 Å². The van der Waals surface area contributed by atoms with Crippen LogP contribution in [0.3, 0.4) is 0 Å². The molecule has 0 radical (unpaired) electrons. The van der Waals surface area contributed by atoms with Crippen LogP contribution in [-0.2, 0) is 6.54 Å². The summed E-state index contributed by atoms with van der Waals surface area (Å²) in [5, 5.41) is 17.0. The first kappa shape index (κ1) is 17.2. The van der Waals surface area contributed by atoms with E-state index in [1.54, 1.807) is 17.4 Å². The molecule has 0 spiro atoms. The number of carbonyl (C=O) groups excluding carboxylic acids is 1. The van der Waals surface area contributed by atoms with Crippen LogP contribution in [-0.4, -0.2) is 30.4 Å². The molecule has 3 N–H and O–H groups in total. The second kappa shape index (κ2) is 8.50. The minimum absolute atomic E-state index is 0.0340. The Hall–Kier alpha value is -2.12. The van der Waals surface area contributed by atoms with Gasteiger partial charge in [0.1, 0.15) is 24.3 Å². The van der Waals surface area contributed by atoms with Gasteiger partial charge in [0.25, 0.3) is 0 Å². The fourth-order valence-corrected chi connectivity index (χ4v) is 2.67. The Bertz CT molecular complexity index is 648. The molecular weight excluding hydrogens is 319 g/mol. The number of ether oxygens (including phenoxy) is 1. The standard InChI is InChI=1S/C16H19FN2O3S/c1-11-5-6-23-15(11)9-19-16(21)18-8-13(20)10-22-14-4-2-3-12(17)7-14/h2-7,13,20H,8-10H2,1H3,(H2,18,19,21)/t13-/m0/s1. The van der Waals surface area contributed by atoms with Crippen LogP contribution in [0.25, 0.3) is 0 Å². The van der Waals surface area contributed by atoms with Crippen molar-refractivity contribution < 1.29 is 19.0 Å².